The van der Waals surface area contributed by atoms with Gasteiger partial charge >= 0.3 is 0 Å². The highest BCUT2D eigenvalue weighted by Crippen LogP contribution is 2.28. The van der Waals surface area contributed by atoms with Crippen molar-refractivity contribution < 1.29 is 13.2 Å². The van der Waals surface area contributed by atoms with E-state index >= 15 is 0 Å². The predicted molar refractivity (Wildman–Crippen MR) is 106 cm³/mol. The second-order valence-corrected chi connectivity index (χ2v) is 7.75. The molecule has 0 aliphatic heterocycles. The summed E-state index contributed by atoms with van der Waals surface area (Å²) in [5.41, 5.74) is 3.51. The van der Waals surface area contributed by atoms with E-state index in [1.807, 2.05) is 30.3 Å². The third-order valence-corrected chi connectivity index (χ3v) is 4.94. The number of anilines is 1. The van der Waals surface area contributed by atoms with E-state index in [1.54, 1.807) is 36.7 Å². The summed E-state index contributed by atoms with van der Waals surface area (Å²) in [7, 11) is -3.67. The average molecular weight is 382 g/mol. The van der Waals surface area contributed by atoms with Crippen molar-refractivity contribution >= 4 is 38.6 Å². The summed E-state index contributed by atoms with van der Waals surface area (Å²) >= 11 is 0. The van der Waals surface area contributed by atoms with E-state index in [0.717, 1.165) is 21.3 Å². The third kappa shape index (κ3) is 4.68. The lowest BCUT2D eigenvalue weighted by atomic mass is 10.1. The molecule has 0 saturated heterocycles. The minimum Gasteiger partial charge on any atom is -0.271 e. The molecule has 1 aromatic heterocycles. The molecule has 3 rings (SSSR count). The minimum atomic E-state index is -3.67. The van der Waals surface area contributed by atoms with Crippen LogP contribution >= 0.6 is 0 Å². The molecule has 1 N–H and O–H groups in total. The molecule has 1 heterocycles. The maximum absolute atomic E-state index is 12.3. The Morgan fingerprint density at radius 3 is 2.67 bits per heavy atom. The van der Waals surface area contributed by atoms with Gasteiger partial charge in [-0.2, -0.15) is 5.10 Å². The highest BCUT2D eigenvalue weighted by molar-refractivity contribution is 7.92. The SMILES string of the molecule is CS(=O)(=O)N(CC(=O)N/N=C\c1cccnc1)c1cccc2ccccc12. The van der Waals surface area contributed by atoms with Crippen molar-refractivity contribution in [2.24, 2.45) is 5.10 Å². The number of carbonyl (C=O) groups is 1. The maximum atomic E-state index is 12.3. The molecule has 138 valence electrons. The molecule has 27 heavy (non-hydrogen) atoms. The molecule has 0 aliphatic rings. The lowest BCUT2D eigenvalue weighted by molar-refractivity contribution is -0.119. The van der Waals surface area contributed by atoms with Gasteiger partial charge in [-0.3, -0.25) is 14.1 Å². The number of fused-ring (bicyclic) bond motifs is 1. The van der Waals surface area contributed by atoms with Crippen LogP contribution in [-0.2, 0) is 14.8 Å². The Bertz CT molecular complexity index is 1080. The second-order valence-electron chi connectivity index (χ2n) is 5.85. The number of hydrogen-bond donors (Lipinski definition) is 1. The second kappa shape index (κ2) is 7.96. The molecule has 0 fully saturated rings. The molecule has 8 heteroatoms. The number of pyridine rings is 1. The van der Waals surface area contributed by atoms with Crippen molar-refractivity contribution in [3.05, 3.63) is 72.6 Å². The number of aromatic nitrogens is 1. The van der Waals surface area contributed by atoms with Gasteiger partial charge in [0.2, 0.25) is 10.0 Å². The van der Waals surface area contributed by atoms with Gasteiger partial charge in [-0.25, -0.2) is 13.8 Å². The van der Waals surface area contributed by atoms with Gasteiger partial charge in [-0.15, -0.1) is 0 Å². The average Bonchev–Trinajstić information content (AvgIpc) is 2.66. The van der Waals surface area contributed by atoms with Crippen LogP contribution in [-0.4, -0.2) is 38.3 Å². The van der Waals surface area contributed by atoms with Gasteiger partial charge in [-0.1, -0.05) is 42.5 Å². The van der Waals surface area contributed by atoms with Crippen molar-refractivity contribution in [2.75, 3.05) is 17.1 Å². The number of nitrogens with zero attached hydrogens (tertiary/aromatic N) is 3. The molecule has 1 amide bonds. The standard InChI is InChI=1S/C19H18N4O3S/c1-27(25,26)23(18-10-4-8-16-7-2-3-9-17(16)18)14-19(24)22-21-13-15-6-5-11-20-12-15/h2-13H,14H2,1H3,(H,22,24)/b21-13-. The molecular weight excluding hydrogens is 364 g/mol. The fraction of sp³-hybridized carbons (Fsp3) is 0.105. The van der Waals surface area contributed by atoms with Crippen LogP contribution in [0.3, 0.4) is 0 Å². The molecule has 7 nitrogen and oxygen atoms in total. The molecule has 0 radical (unpaired) electrons. The van der Waals surface area contributed by atoms with Gasteiger partial charge in [0.05, 0.1) is 18.2 Å². The highest BCUT2D eigenvalue weighted by atomic mass is 32.2. The van der Waals surface area contributed by atoms with Crippen LogP contribution in [0.2, 0.25) is 0 Å². The van der Waals surface area contributed by atoms with Crippen LogP contribution in [0.5, 0.6) is 0 Å². The number of sulfonamides is 1. The number of rotatable bonds is 6. The summed E-state index contributed by atoms with van der Waals surface area (Å²) in [6.07, 6.45) is 5.73. The first-order chi connectivity index (χ1) is 12.9. The maximum Gasteiger partial charge on any atom is 0.260 e. The first kappa shape index (κ1) is 18.5. The number of carbonyl (C=O) groups excluding carboxylic acids is 1. The molecule has 0 unspecified atom stereocenters. The van der Waals surface area contributed by atoms with Crippen LogP contribution in [0.25, 0.3) is 10.8 Å². The molecule has 0 atom stereocenters. The molecule has 0 spiro atoms. The molecule has 0 aliphatic carbocycles. The number of nitrogens with one attached hydrogen (secondary N) is 1. The zero-order chi connectivity index (χ0) is 19.3. The van der Waals surface area contributed by atoms with E-state index in [-0.39, 0.29) is 6.54 Å². The van der Waals surface area contributed by atoms with E-state index in [1.165, 1.54) is 6.21 Å². The molecule has 0 bridgehead atoms. The minimum absolute atomic E-state index is 0.378. The van der Waals surface area contributed by atoms with Gasteiger partial charge in [-0.05, 0) is 17.5 Å². The van der Waals surface area contributed by atoms with Crippen molar-refractivity contribution in [2.45, 2.75) is 0 Å². The Morgan fingerprint density at radius 2 is 1.93 bits per heavy atom. The quantitative estimate of drug-likeness (QED) is 0.522. The number of hydrogen-bond acceptors (Lipinski definition) is 5. The van der Waals surface area contributed by atoms with Crippen LogP contribution in [0.1, 0.15) is 5.56 Å². The topological polar surface area (TPSA) is 91.7 Å². The Balaban J connectivity index is 1.82. The van der Waals surface area contributed by atoms with Gasteiger partial charge in [0, 0.05) is 23.3 Å². The molecule has 2 aromatic carbocycles. The predicted octanol–water partition coefficient (Wildman–Crippen LogP) is 2.15. The number of benzene rings is 2. The Hall–Kier alpha value is -3.26. The van der Waals surface area contributed by atoms with E-state index < -0.39 is 15.9 Å². The summed E-state index contributed by atoms with van der Waals surface area (Å²) in [5, 5.41) is 5.48. The fourth-order valence-corrected chi connectivity index (χ4v) is 3.47. The normalized spacial score (nSPS) is 11.6. The Labute approximate surface area is 157 Å². The molecule has 3 aromatic rings. The van der Waals surface area contributed by atoms with Crippen molar-refractivity contribution in [3.63, 3.8) is 0 Å². The summed E-state index contributed by atoms with van der Waals surface area (Å²) in [5.74, 6) is -0.548. The van der Waals surface area contributed by atoms with Crippen LogP contribution < -0.4 is 9.73 Å². The van der Waals surface area contributed by atoms with Crippen molar-refractivity contribution in [1.82, 2.24) is 10.4 Å². The Morgan fingerprint density at radius 1 is 1.15 bits per heavy atom. The van der Waals surface area contributed by atoms with Gasteiger partial charge in [0.1, 0.15) is 6.54 Å². The first-order valence-electron chi connectivity index (χ1n) is 8.12. The monoisotopic (exact) mass is 382 g/mol. The summed E-state index contributed by atoms with van der Waals surface area (Å²) in [6.45, 7) is -0.378. The van der Waals surface area contributed by atoms with Gasteiger partial charge in [0.25, 0.3) is 5.91 Å². The van der Waals surface area contributed by atoms with Crippen LogP contribution in [0.4, 0.5) is 5.69 Å². The number of hydrazone groups is 1. The van der Waals surface area contributed by atoms with E-state index in [4.69, 9.17) is 0 Å². The zero-order valence-corrected chi connectivity index (χ0v) is 15.4. The van der Waals surface area contributed by atoms with Crippen LogP contribution in [0.15, 0.2) is 72.1 Å². The number of amides is 1. The van der Waals surface area contributed by atoms with Gasteiger partial charge in [0.15, 0.2) is 0 Å². The summed E-state index contributed by atoms with van der Waals surface area (Å²) < 4.78 is 25.7. The largest absolute Gasteiger partial charge is 0.271 e. The van der Waals surface area contributed by atoms with E-state index in [0.29, 0.717) is 11.3 Å². The lowest BCUT2D eigenvalue weighted by Crippen LogP contribution is -2.39. The first-order valence-corrected chi connectivity index (χ1v) is 9.97. The highest BCUT2D eigenvalue weighted by Gasteiger charge is 2.22. The van der Waals surface area contributed by atoms with E-state index in [9.17, 15) is 13.2 Å². The Kier molecular flexibility index (Phi) is 5.46. The third-order valence-electron chi connectivity index (χ3n) is 3.81. The van der Waals surface area contributed by atoms with Crippen LogP contribution in [0, 0.1) is 0 Å². The van der Waals surface area contributed by atoms with Gasteiger partial charge < -0.3 is 0 Å². The molecular formula is C19H18N4O3S. The van der Waals surface area contributed by atoms with E-state index in [2.05, 4.69) is 15.5 Å². The van der Waals surface area contributed by atoms with Crippen molar-refractivity contribution in [1.29, 1.82) is 0 Å². The van der Waals surface area contributed by atoms with Crippen molar-refractivity contribution in [3.8, 4) is 0 Å². The summed E-state index contributed by atoms with van der Waals surface area (Å²) in [6, 6.07) is 16.2. The zero-order valence-electron chi connectivity index (χ0n) is 14.6. The lowest BCUT2D eigenvalue weighted by Gasteiger charge is -2.23. The fourth-order valence-electron chi connectivity index (χ4n) is 2.60. The molecule has 0 saturated carbocycles. The smallest absolute Gasteiger partial charge is 0.260 e. The summed E-state index contributed by atoms with van der Waals surface area (Å²) in [4.78, 5) is 16.2.